The van der Waals surface area contributed by atoms with Gasteiger partial charge < -0.3 is 14.1 Å². The van der Waals surface area contributed by atoms with Crippen molar-refractivity contribution in [2.75, 3.05) is 13.2 Å². The van der Waals surface area contributed by atoms with E-state index in [1.165, 1.54) is 4.90 Å². The molecule has 8 heteroatoms. The minimum absolute atomic E-state index is 0.290. The lowest BCUT2D eigenvalue weighted by molar-refractivity contribution is 0.0962. The van der Waals surface area contributed by atoms with Crippen LogP contribution in [0.3, 0.4) is 0 Å². The molecular weight excluding hydrogens is 440 g/mol. The normalized spacial score (nSPS) is 14.4. The second kappa shape index (κ2) is 7.16. The van der Waals surface area contributed by atoms with Crippen molar-refractivity contribution in [2.24, 2.45) is 0 Å². The van der Waals surface area contributed by atoms with Gasteiger partial charge in [0.05, 0.1) is 6.54 Å². The highest BCUT2D eigenvalue weighted by molar-refractivity contribution is 9.10. The van der Waals surface area contributed by atoms with Gasteiger partial charge in [0.15, 0.2) is 0 Å². The molecule has 1 amide bonds. The third-order valence-electron chi connectivity index (χ3n) is 3.63. The van der Waals surface area contributed by atoms with E-state index in [0.717, 1.165) is 27.1 Å². The second-order valence-corrected chi connectivity index (χ2v) is 8.84. The molecule has 0 saturated heterocycles. The van der Waals surface area contributed by atoms with Gasteiger partial charge in [0.25, 0.3) is 0 Å². The number of ether oxygens (including phenoxy) is 1. The third kappa shape index (κ3) is 4.39. The van der Waals surface area contributed by atoms with E-state index in [1.807, 2.05) is 30.3 Å². The maximum atomic E-state index is 12.0. The molecular formula is C16H13BrCl3NO3. The third-order valence-corrected chi connectivity index (χ3v) is 4.48. The Labute approximate surface area is 162 Å². The van der Waals surface area contributed by atoms with Crippen LogP contribution in [0.2, 0.25) is 0 Å². The van der Waals surface area contributed by atoms with Crippen molar-refractivity contribution in [3.8, 4) is 11.3 Å². The molecule has 128 valence electrons. The number of halogens is 4. The molecule has 1 aromatic heterocycles. The minimum atomic E-state index is -1.62. The second-order valence-electron chi connectivity index (χ2n) is 5.41. The van der Waals surface area contributed by atoms with E-state index in [2.05, 4.69) is 15.9 Å². The topological polar surface area (TPSA) is 42.7 Å². The maximum absolute atomic E-state index is 12.0. The summed E-state index contributed by atoms with van der Waals surface area (Å²) in [6.07, 6.45) is 0.173. The minimum Gasteiger partial charge on any atom is -0.459 e. The summed E-state index contributed by atoms with van der Waals surface area (Å²) >= 11 is 20.2. The summed E-state index contributed by atoms with van der Waals surface area (Å²) in [5, 5.41) is 0. The Hall–Kier alpha value is -0.880. The molecule has 1 aliphatic rings. The molecule has 0 bridgehead atoms. The number of amides is 1. The molecule has 0 aliphatic carbocycles. The molecule has 1 aliphatic heterocycles. The summed E-state index contributed by atoms with van der Waals surface area (Å²) < 4.78 is 10.3. The molecule has 3 rings (SSSR count). The van der Waals surface area contributed by atoms with Crippen LogP contribution in [0.4, 0.5) is 4.79 Å². The molecule has 0 N–H and O–H groups in total. The highest BCUT2D eigenvalue weighted by Crippen LogP contribution is 2.31. The van der Waals surface area contributed by atoms with Gasteiger partial charge in [-0.3, -0.25) is 0 Å². The molecule has 2 aromatic rings. The molecule has 0 fully saturated rings. The highest BCUT2D eigenvalue weighted by Gasteiger charge is 2.28. The molecule has 2 heterocycles. The molecule has 0 atom stereocenters. The van der Waals surface area contributed by atoms with E-state index >= 15 is 0 Å². The van der Waals surface area contributed by atoms with Crippen LogP contribution in [0.15, 0.2) is 39.2 Å². The quantitative estimate of drug-likeness (QED) is 0.558. The van der Waals surface area contributed by atoms with Gasteiger partial charge in [-0.1, -0.05) is 62.9 Å². The molecule has 1 aromatic carbocycles. The average Bonchev–Trinajstić information content (AvgIpc) is 2.95. The van der Waals surface area contributed by atoms with Crippen molar-refractivity contribution in [1.82, 2.24) is 4.90 Å². The van der Waals surface area contributed by atoms with Crippen LogP contribution in [0, 0.1) is 0 Å². The number of furan rings is 1. The number of benzene rings is 1. The first-order chi connectivity index (χ1) is 11.3. The average molecular weight is 454 g/mol. The summed E-state index contributed by atoms with van der Waals surface area (Å²) in [5.41, 5.74) is 2.08. The Morgan fingerprint density at radius 2 is 2.00 bits per heavy atom. The van der Waals surface area contributed by atoms with Crippen molar-refractivity contribution in [3.63, 3.8) is 0 Å². The Morgan fingerprint density at radius 3 is 2.67 bits per heavy atom. The molecule has 0 saturated carbocycles. The van der Waals surface area contributed by atoms with Gasteiger partial charge in [-0.25, -0.2) is 4.79 Å². The number of hydrogen-bond donors (Lipinski definition) is 0. The number of carbonyl (C=O) groups excluding carboxylic acids is 1. The summed E-state index contributed by atoms with van der Waals surface area (Å²) in [6.45, 7) is 0.581. The van der Waals surface area contributed by atoms with Crippen LogP contribution in [-0.2, 0) is 17.7 Å². The van der Waals surface area contributed by atoms with E-state index in [1.54, 1.807) is 0 Å². The van der Waals surface area contributed by atoms with Crippen LogP contribution >= 0.6 is 50.7 Å². The van der Waals surface area contributed by atoms with Crippen LogP contribution in [-0.4, -0.2) is 27.9 Å². The first-order valence-corrected chi connectivity index (χ1v) is 9.10. The lowest BCUT2D eigenvalue weighted by Gasteiger charge is -2.25. The summed E-state index contributed by atoms with van der Waals surface area (Å²) in [7, 11) is 0. The van der Waals surface area contributed by atoms with E-state index in [9.17, 15) is 4.79 Å². The number of alkyl halides is 3. The van der Waals surface area contributed by atoms with Crippen molar-refractivity contribution in [1.29, 1.82) is 0 Å². The summed E-state index contributed by atoms with van der Waals surface area (Å²) in [4.78, 5) is 13.6. The first-order valence-electron chi connectivity index (χ1n) is 7.18. The number of fused-ring (bicyclic) bond motifs is 1. The Balaban J connectivity index is 1.70. The van der Waals surface area contributed by atoms with E-state index < -0.39 is 9.89 Å². The molecule has 0 spiro atoms. The number of carbonyl (C=O) groups is 1. The molecule has 0 radical (unpaired) electrons. The van der Waals surface area contributed by atoms with Crippen LogP contribution < -0.4 is 0 Å². The molecule has 4 nitrogen and oxygen atoms in total. The van der Waals surface area contributed by atoms with Gasteiger partial charge in [-0.15, -0.1) is 0 Å². The number of nitrogens with zero attached hydrogens (tertiary/aromatic N) is 1. The largest absolute Gasteiger partial charge is 0.459 e. The fourth-order valence-electron chi connectivity index (χ4n) is 2.47. The predicted octanol–water partition coefficient (Wildman–Crippen LogP) is 5.57. The van der Waals surface area contributed by atoms with E-state index in [-0.39, 0.29) is 6.61 Å². The van der Waals surface area contributed by atoms with Gasteiger partial charge in [-0.2, -0.15) is 0 Å². The number of rotatable bonds is 2. The van der Waals surface area contributed by atoms with Gasteiger partial charge in [0, 0.05) is 16.6 Å². The van der Waals surface area contributed by atoms with Crippen LogP contribution in [0.25, 0.3) is 11.3 Å². The van der Waals surface area contributed by atoms with Gasteiger partial charge in [0.2, 0.25) is 3.79 Å². The SMILES string of the molecule is O=C(OCC(Cl)(Cl)Cl)N1CCc2cc(-c3ccc(Br)cc3)oc2C1. The van der Waals surface area contributed by atoms with Gasteiger partial charge >= 0.3 is 6.09 Å². The lowest BCUT2D eigenvalue weighted by Crippen LogP contribution is -2.37. The highest BCUT2D eigenvalue weighted by atomic mass is 79.9. The fraction of sp³-hybridized carbons (Fsp3) is 0.312. The van der Waals surface area contributed by atoms with E-state index in [0.29, 0.717) is 19.5 Å². The zero-order valence-electron chi connectivity index (χ0n) is 12.4. The summed E-state index contributed by atoms with van der Waals surface area (Å²) in [5.74, 6) is 1.54. The smallest absolute Gasteiger partial charge is 0.410 e. The monoisotopic (exact) mass is 451 g/mol. The van der Waals surface area contributed by atoms with Crippen LogP contribution in [0.1, 0.15) is 11.3 Å². The fourth-order valence-corrected chi connectivity index (χ4v) is 2.89. The van der Waals surface area contributed by atoms with Crippen LogP contribution in [0.5, 0.6) is 0 Å². The zero-order chi connectivity index (χ0) is 17.3. The maximum Gasteiger partial charge on any atom is 0.410 e. The van der Waals surface area contributed by atoms with Crippen molar-refractivity contribution in [2.45, 2.75) is 16.8 Å². The van der Waals surface area contributed by atoms with Crippen molar-refractivity contribution in [3.05, 3.63) is 46.1 Å². The Kier molecular flexibility index (Phi) is 5.35. The van der Waals surface area contributed by atoms with Crippen molar-refractivity contribution < 1.29 is 13.9 Å². The zero-order valence-corrected chi connectivity index (χ0v) is 16.3. The number of hydrogen-bond acceptors (Lipinski definition) is 3. The first kappa shape index (κ1) is 17.9. The van der Waals surface area contributed by atoms with Crippen molar-refractivity contribution >= 4 is 56.8 Å². The van der Waals surface area contributed by atoms with Gasteiger partial charge in [0.1, 0.15) is 18.1 Å². The summed E-state index contributed by atoms with van der Waals surface area (Å²) in [6, 6.07) is 9.87. The van der Waals surface area contributed by atoms with Gasteiger partial charge in [-0.05, 0) is 30.2 Å². The Morgan fingerprint density at radius 1 is 1.29 bits per heavy atom. The molecule has 0 unspecified atom stereocenters. The standard InChI is InChI=1S/C16H13BrCl3NO3/c17-12-3-1-10(2-4-12)13-7-11-5-6-21(8-14(11)24-13)15(22)23-9-16(18,19)20/h1-4,7H,5-6,8-9H2. The Bertz CT molecular complexity index is 740. The molecule has 24 heavy (non-hydrogen) atoms. The predicted molar refractivity (Wildman–Crippen MR) is 97.6 cm³/mol. The lowest BCUT2D eigenvalue weighted by atomic mass is 10.1. The van der Waals surface area contributed by atoms with E-state index in [4.69, 9.17) is 44.0 Å².